The topological polar surface area (TPSA) is 102 Å². The number of guanidine groups is 1. The van der Waals surface area contributed by atoms with Gasteiger partial charge in [-0.2, -0.15) is 13.2 Å². The first-order valence-electron chi connectivity index (χ1n) is 21.7. The van der Waals surface area contributed by atoms with Crippen molar-refractivity contribution in [1.29, 1.82) is 0 Å². The van der Waals surface area contributed by atoms with Gasteiger partial charge in [0.05, 0.1) is 33.2 Å². The first-order valence-corrected chi connectivity index (χ1v) is 21.7. The molecule has 0 unspecified atom stereocenters. The van der Waals surface area contributed by atoms with Gasteiger partial charge in [0.25, 0.3) is 0 Å². The second kappa shape index (κ2) is 41.0. The zero-order valence-electron chi connectivity index (χ0n) is 34.4. The zero-order chi connectivity index (χ0) is 38.3. The van der Waals surface area contributed by atoms with E-state index in [4.69, 9.17) is 21.4 Å². The smallest absolute Gasteiger partial charge is 0.490 e. The largest absolute Gasteiger partial charge is 1.00 e. The lowest BCUT2D eigenvalue weighted by atomic mass is 10.0. The number of unbranched alkanes of at least 4 members (excludes halogenated alkanes) is 30. The fourth-order valence-electron chi connectivity index (χ4n) is 6.84. The first-order chi connectivity index (χ1) is 24.5. The number of alkyl halides is 3. The number of aliphatic imine (C=N–C) groups is 1. The molecule has 0 aliphatic carbocycles. The lowest BCUT2D eigenvalue weighted by Crippen LogP contribution is -3.00. The first kappa shape index (κ1) is 55.1. The third-order valence-electron chi connectivity index (χ3n) is 10.3. The predicted molar refractivity (Wildman–Crippen MR) is 214 cm³/mol. The number of nitrogens with zero attached hydrogens (tertiary/aromatic N) is 2. The maximum absolute atomic E-state index is 10.6. The van der Waals surface area contributed by atoms with Gasteiger partial charge in [0.2, 0.25) is 0 Å². The number of quaternary nitrogens is 1. The molecule has 0 spiro atoms. The van der Waals surface area contributed by atoms with E-state index in [2.05, 4.69) is 25.9 Å². The Morgan fingerprint density at radius 3 is 0.904 bits per heavy atom. The number of nitrogens with two attached hydrogens (primary N) is 2. The molecule has 0 amide bonds. The van der Waals surface area contributed by atoms with Crippen LogP contribution in [-0.4, -0.2) is 60.9 Å². The standard InChI is InChI=1S/C40H85N4.C2HF3O2.ClH/c1-4-6-8-10-12-14-16-18-20-22-24-26-28-30-32-34-37-44(3,39-36-43-40(41)42)38-35-33-31-29-27-25-23-21-19-17-15-13-11-9-7-5-2;3-2(4,5)1(6)7;/h4-39H2,1-3H3,(H4,41,42,43);(H,6,7);1H/q+1;;/p-1. The number of likely N-dealkylation sites (N-methyl/N-ethyl adjacent to an activating group) is 1. The third kappa shape index (κ3) is 44.9. The number of carbonyl (C=O) groups is 1. The third-order valence-corrected chi connectivity index (χ3v) is 10.3. The predicted octanol–water partition coefficient (Wildman–Crippen LogP) is 9.87. The highest BCUT2D eigenvalue weighted by Gasteiger charge is 2.38. The second-order valence-corrected chi connectivity index (χ2v) is 15.5. The van der Waals surface area contributed by atoms with Crippen LogP contribution in [0.2, 0.25) is 0 Å². The Labute approximate surface area is 326 Å². The summed E-state index contributed by atoms with van der Waals surface area (Å²) in [7, 11) is 2.44. The van der Waals surface area contributed by atoms with E-state index in [9.17, 15) is 13.2 Å². The van der Waals surface area contributed by atoms with Crippen LogP contribution in [0, 0.1) is 0 Å². The molecule has 0 saturated heterocycles. The molecule has 0 aromatic rings. The molecule has 0 aromatic heterocycles. The molecular weight excluding hydrogens is 685 g/mol. The quantitative estimate of drug-likeness (QED) is 0.0253. The minimum atomic E-state index is -5.08. The summed E-state index contributed by atoms with van der Waals surface area (Å²) < 4.78 is 32.9. The monoisotopic (exact) mass is 771 g/mol. The van der Waals surface area contributed by atoms with E-state index in [1.807, 2.05) is 0 Å². The summed E-state index contributed by atoms with van der Waals surface area (Å²) in [6.07, 6.45) is 40.7. The number of carboxylic acid groups (broad SMARTS) is 1. The fraction of sp³-hybridized carbons (Fsp3) is 0.952. The van der Waals surface area contributed by atoms with Crippen LogP contribution < -0.4 is 23.9 Å². The SMILES string of the molecule is CCCCCCCCCCCCCCCCCC[N+](C)(CCCCCCCCCCCCCCCCCC)CCN=C(N)N.O=C(O)C(F)(F)F.[Cl-]. The number of halogens is 4. The minimum absolute atomic E-state index is 0. The van der Waals surface area contributed by atoms with Crippen molar-refractivity contribution in [2.45, 2.75) is 225 Å². The average molecular weight is 772 g/mol. The summed E-state index contributed by atoms with van der Waals surface area (Å²) in [5.74, 6) is -2.52. The number of carboxylic acids is 1. The summed E-state index contributed by atoms with van der Waals surface area (Å²) in [4.78, 5) is 13.2. The van der Waals surface area contributed by atoms with Crippen molar-refractivity contribution < 1.29 is 40.0 Å². The van der Waals surface area contributed by atoms with Crippen molar-refractivity contribution in [3.63, 3.8) is 0 Å². The average Bonchev–Trinajstić information content (AvgIpc) is 3.07. The van der Waals surface area contributed by atoms with Crippen LogP contribution in [0.3, 0.4) is 0 Å². The molecule has 314 valence electrons. The van der Waals surface area contributed by atoms with Crippen molar-refractivity contribution in [2.24, 2.45) is 16.5 Å². The molecule has 0 saturated carbocycles. The van der Waals surface area contributed by atoms with Crippen LogP contribution in [-0.2, 0) is 4.79 Å². The number of rotatable bonds is 37. The maximum atomic E-state index is 10.6. The maximum Gasteiger partial charge on any atom is 0.490 e. The Morgan fingerprint density at radius 2 is 0.712 bits per heavy atom. The van der Waals surface area contributed by atoms with Crippen molar-refractivity contribution in [3.05, 3.63) is 0 Å². The molecule has 0 atom stereocenters. The number of aliphatic carboxylic acids is 1. The van der Waals surface area contributed by atoms with Gasteiger partial charge in [-0.25, -0.2) is 9.79 Å². The molecule has 0 aliphatic rings. The summed E-state index contributed by atoms with van der Waals surface area (Å²) in [6.45, 7) is 8.98. The van der Waals surface area contributed by atoms with E-state index in [0.29, 0.717) is 0 Å². The van der Waals surface area contributed by atoms with Gasteiger partial charge < -0.3 is 33.5 Å². The molecule has 6 nitrogen and oxygen atoms in total. The van der Waals surface area contributed by atoms with Crippen molar-refractivity contribution in [1.82, 2.24) is 0 Å². The van der Waals surface area contributed by atoms with Gasteiger partial charge in [0, 0.05) is 0 Å². The molecule has 10 heteroatoms. The van der Waals surface area contributed by atoms with Gasteiger partial charge in [0.15, 0.2) is 5.96 Å². The molecule has 0 rings (SSSR count). The lowest BCUT2D eigenvalue weighted by molar-refractivity contribution is -0.908. The van der Waals surface area contributed by atoms with E-state index in [1.54, 1.807) is 0 Å². The van der Waals surface area contributed by atoms with Crippen molar-refractivity contribution in [3.8, 4) is 0 Å². The molecule has 0 aromatic carbocycles. The van der Waals surface area contributed by atoms with Crippen LogP contribution in [0.5, 0.6) is 0 Å². The van der Waals surface area contributed by atoms with E-state index in [1.165, 1.54) is 219 Å². The van der Waals surface area contributed by atoms with Gasteiger partial charge in [-0.15, -0.1) is 0 Å². The van der Waals surface area contributed by atoms with Crippen LogP contribution >= 0.6 is 0 Å². The Hall–Kier alpha value is -1.22. The number of hydrogen-bond donors (Lipinski definition) is 3. The zero-order valence-corrected chi connectivity index (χ0v) is 35.1. The highest BCUT2D eigenvalue weighted by Crippen LogP contribution is 2.17. The summed E-state index contributed by atoms with van der Waals surface area (Å²) in [6, 6.07) is 0. The van der Waals surface area contributed by atoms with Crippen LogP contribution in [0.15, 0.2) is 4.99 Å². The van der Waals surface area contributed by atoms with Crippen molar-refractivity contribution in [2.75, 3.05) is 33.2 Å². The lowest BCUT2D eigenvalue weighted by Gasteiger charge is -2.34. The van der Waals surface area contributed by atoms with Gasteiger partial charge >= 0.3 is 12.1 Å². The van der Waals surface area contributed by atoms with Crippen molar-refractivity contribution >= 4 is 11.9 Å². The van der Waals surface area contributed by atoms with Gasteiger partial charge in [0.1, 0.15) is 0 Å². The molecule has 0 aliphatic heterocycles. The van der Waals surface area contributed by atoms with Gasteiger partial charge in [-0.1, -0.05) is 194 Å². The Morgan fingerprint density at radius 1 is 0.500 bits per heavy atom. The molecule has 5 N–H and O–H groups in total. The Kier molecular flexibility index (Phi) is 43.4. The van der Waals surface area contributed by atoms with Gasteiger partial charge in [-0.3, -0.25) is 0 Å². The second-order valence-electron chi connectivity index (χ2n) is 15.5. The minimum Gasteiger partial charge on any atom is -1.00 e. The van der Waals surface area contributed by atoms with Crippen LogP contribution in [0.1, 0.15) is 219 Å². The summed E-state index contributed by atoms with van der Waals surface area (Å²) >= 11 is 0. The molecule has 0 heterocycles. The van der Waals surface area contributed by atoms with Crippen LogP contribution in [0.25, 0.3) is 0 Å². The highest BCUT2D eigenvalue weighted by atomic mass is 35.5. The van der Waals surface area contributed by atoms with Crippen LogP contribution in [0.4, 0.5) is 13.2 Å². The Balaban J connectivity index is -0.00000270. The summed E-state index contributed by atoms with van der Waals surface area (Å²) in [5, 5.41) is 7.12. The molecular formula is C42H86ClF3N4O2. The van der Waals surface area contributed by atoms with E-state index in [0.717, 1.165) is 17.6 Å². The molecule has 52 heavy (non-hydrogen) atoms. The summed E-state index contributed by atoms with van der Waals surface area (Å²) in [5.41, 5.74) is 11.2. The fourth-order valence-corrected chi connectivity index (χ4v) is 6.84. The van der Waals surface area contributed by atoms with E-state index in [-0.39, 0.29) is 18.4 Å². The Bertz CT molecular complexity index is 732. The highest BCUT2D eigenvalue weighted by molar-refractivity contribution is 5.75. The van der Waals surface area contributed by atoms with E-state index < -0.39 is 12.1 Å². The van der Waals surface area contributed by atoms with Gasteiger partial charge in [-0.05, 0) is 25.7 Å². The normalized spacial score (nSPS) is 11.5. The molecule has 0 fully saturated rings. The van der Waals surface area contributed by atoms with E-state index >= 15 is 0 Å². The molecule has 0 radical (unpaired) electrons. The molecule has 0 bridgehead atoms. The number of hydrogen-bond acceptors (Lipinski definition) is 2.